The van der Waals surface area contributed by atoms with Crippen LogP contribution in [0.4, 0.5) is 0 Å². The van der Waals surface area contributed by atoms with Crippen LogP contribution in [0.1, 0.15) is 20.3 Å². The molecule has 0 aliphatic rings. The summed E-state index contributed by atoms with van der Waals surface area (Å²) in [5, 5.41) is 0. The SMILES string of the molecule is CC(=O)CC=C(C)C(N)=O. The Labute approximate surface area is 59.9 Å². The monoisotopic (exact) mass is 141 g/mol. The molecule has 0 radical (unpaired) electrons. The molecule has 1 amide bonds. The van der Waals surface area contributed by atoms with E-state index in [4.69, 9.17) is 5.73 Å². The van der Waals surface area contributed by atoms with Gasteiger partial charge in [0.25, 0.3) is 0 Å². The number of carbonyl (C=O) groups is 2. The van der Waals surface area contributed by atoms with Gasteiger partial charge in [0, 0.05) is 12.0 Å². The molecular weight excluding hydrogens is 130 g/mol. The van der Waals surface area contributed by atoms with Crippen LogP contribution in [0.25, 0.3) is 0 Å². The molecule has 0 aromatic heterocycles. The van der Waals surface area contributed by atoms with Crippen LogP contribution in [-0.2, 0) is 9.59 Å². The van der Waals surface area contributed by atoms with E-state index in [0.717, 1.165) is 0 Å². The van der Waals surface area contributed by atoms with Gasteiger partial charge in [0.2, 0.25) is 5.91 Å². The standard InChI is InChI=1S/C7H11NO2/c1-5(7(8)10)3-4-6(2)9/h3H,4H2,1-2H3,(H2,8,10). The number of amides is 1. The highest BCUT2D eigenvalue weighted by atomic mass is 16.1. The van der Waals surface area contributed by atoms with Crippen LogP contribution in [0.2, 0.25) is 0 Å². The Bertz CT molecular complexity index is 182. The van der Waals surface area contributed by atoms with E-state index in [2.05, 4.69) is 0 Å². The molecule has 0 heterocycles. The van der Waals surface area contributed by atoms with Gasteiger partial charge in [0.1, 0.15) is 5.78 Å². The second-order valence-corrected chi connectivity index (χ2v) is 2.16. The van der Waals surface area contributed by atoms with E-state index in [-0.39, 0.29) is 12.2 Å². The van der Waals surface area contributed by atoms with Crippen molar-refractivity contribution in [3.05, 3.63) is 11.6 Å². The summed E-state index contributed by atoms with van der Waals surface area (Å²) in [4.78, 5) is 20.7. The molecule has 0 aliphatic heterocycles. The van der Waals surface area contributed by atoms with Gasteiger partial charge in [-0.25, -0.2) is 0 Å². The quantitative estimate of drug-likeness (QED) is 0.578. The van der Waals surface area contributed by atoms with Crippen molar-refractivity contribution >= 4 is 11.7 Å². The van der Waals surface area contributed by atoms with E-state index in [0.29, 0.717) is 5.57 Å². The topological polar surface area (TPSA) is 60.2 Å². The number of primary amides is 1. The summed E-state index contributed by atoms with van der Waals surface area (Å²) in [5.41, 5.74) is 5.34. The average molecular weight is 141 g/mol. The normalized spacial score (nSPS) is 11.2. The molecule has 0 spiro atoms. The number of hydrogen-bond donors (Lipinski definition) is 1. The van der Waals surface area contributed by atoms with Gasteiger partial charge in [-0.15, -0.1) is 0 Å². The zero-order valence-corrected chi connectivity index (χ0v) is 6.18. The van der Waals surface area contributed by atoms with Crippen LogP contribution in [0.15, 0.2) is 11.6 Å². The van der Waals surface area contributed by atoms with Crippen molar-refractivity contribution in [2.24, 2.45) is 5.73 Å². The average Bonchev–Trinajstić information content (AvgIpc) is 1.82. The van der Waals surface area contributed by atoms with E-state index >= 15 is 0 Å². The molecule has 0 aliphatic carbocycles. The highest BCUT2D eigenvalue weighted by Crippen LogP contribution is 1.93. The van der Waals surface area contributed by atoms with Gasteiger partial charge in [-0.3, -0.25) is 9.59 Å². The molecule has 0 unspecified atom stereocenters. The Kier molecular flexibility index (Phi) is 3.39. The van der Waals surface area contributed by atoms with Crippen molar-refractivity contribution in [1.82, 2.24) is 0 Å². The van der Waals surface area contributed by atoms with E-state index in [1.54, 1.807) is 6.92 Å². The summed E-state index contributed by atoms with van der Waals surface area (Å²) in [5.74, 6) is -0.443. The van der Waals surface area contributed by atoms with Gasteiger partial charge in [-0.2, -0.15) is 0 Å². The summed E-state index contributed by atoms with van der Waals surface area (Å²) in [6, 6.07) is 0. The highest BCUT2D eigenvalue weighted by Gasteiger charge is 1.96. The van der Waals surface area contributed by atoms with Gasteiger partial charge in [0.05, 0.1) is 0 Å². The molecule has 3 nitrogen and oxygen atoms in total. The molecule has 0 rings (SSSR count). The first-order valence-electron chi connectivity index (χ1n) is 3.00. The molecule has 0 aromatic rings. The predicted octanol–water partition coefficient (Wildman–Crippen LogP) is 0.397. The number of hydrogen-bond acceptors (Lipinski definition) is 2. The van der Waals surface area contributed by atoms with E-state index < -0.39 is 5.91 Å². The van der Waals surface area contributed by atoms with Crippen LogP contribution in [0.3, 0.4) is 0 Å². The number of rotatable bonds is 3. The number of Topliss-reactive ketones (excluding diaryl/α,β-unsaturated/α-hetero) is 1. The lowest BCUT2D eigenvalue weighted by Crippen LogP contribution is -2.11. The summed E-state index contributed by atoms with van der Waals surface area (Å²) in [6.07, 6.45) is 1.82. The van der Waals surface area contributed by atoms with Crippen LogP contribution in [0.5, 0.6) is 0 Å². The third-order valence-corrected chi connectivity index (χ3v) is 1.08. The first-order chi connectivity index (χ1) is 4.54. The van der Waals surface area contributed by atoms with Gasteiger partial charge in [-0.05, 0) is 13.8 Å². The van der Waals surface area contributed by atoms with E-state index in [9.17, 15) is 9.59 Å². The molecule has 0 saturated carbocycles. The summed E-state index contributed by atoms with van der Waals surface area (Å²) < 4.78 is 0. The molecule has 10 heavy (non-hydrogen) atoms. The van der Waals surface area contributed by atoms with Gasteiger partial charge in [0.15, 0.2) is 0 Å². The Morgan fingerprint density at radius 2 is 1.90 bits per heavy atom. The minimum atomic E-state index is -0.471. The molecule has 3 heteroatoms. The maximum absolute atomic E-state index is 10.4. The molecular formula is C7H11NO2. The predicted molar refractivity (Wildman–Crippen MR) is 38.2 cm³/mol. The minimum absolute atomic E-state index is 0.0283. The number of allylic oxidation sites excluding steroid dienone is 1. The Morgan fingerprint density at radius 1 is 1.40 bits per heavy atom. The summed E-state index contributed by atoms with van der Waals surface area (Å²) >= 11 is 0. The molecule has 2 N–H and O–H groups in total. The lowest BCUT2D eigenvalue weighted by Gasteiger charge is -1.90. The van der Waals surface area contributed by atoms with Gasteiger partial charge < -0.3 is 5.73 Å². The van der Waals surface area contributed by atoms with Crippen molar-refractivity contribution in [3.8, 4) is 0 Å². The van der Waals surface area contributed by atoms with Crippen LogP contribution in [0, 0.1) is 0 Å². The number of carbonyl (C=O) groups excluding carboxylic acids is 2. The summed E-state index contributed by atoms with van der Waals surface area (Å²) in [6.45, 7) is 3.05. The Hall–Kier alpha value is -1.12. The smallest absolute Gasteiger partial charge is 0.244 e. The van der Waals surface area contributed by atoms with Crippen molar-refractivity contribution in [3.63, 3.8) is 0 Å². The highest BCUT2D eigenvalue weighted by molar-refractivity contribution is 5.92. The minimum Gasteiger partial charge on any atom is -0.366 e. The van der Waals surface area contributed by atoms with Crippen molar-refractivity contribution in [2.45, 2.75) is 20.3 Å². The van der Waals surface area contributed by atoms with Gasteiger partial charge >= 0.3 is 0 Å². The van der Waals surface area contributed by atoms with Crippen LogP contribution in [-0.4, -0.2) is 11.7 Å². The molecule has 0 bridgehead atoms. The zero-order valence-electron chi connectivity index (χ0n) is 6.18. The zero-order chi connectivity index (χ0) is 8.15. The second-order valence-electron chi connectivity index (χ2n) is 2.16. The second kappa shape index (κ2) is 3.82. The van der Waals surface area contributed by atoms with Crippen molar-refractivity contribution in [1.29, 1.82) is 0 Å². The Morgan fingerprint density at radius 3 is 2.20 bits per heavy atom. The van der Waals surface area contributed by atoms with Crippen LogP contribution < -0.4 is 5.73 Å². The fourth-order valence-corrected chi connectivity index (χ4v) is 0.397. The van der Waals surface area contributed by atoms with E-state index in [1.165, 1.54) is 13.0 Å². The Balaban J connectivity index is 3.92. The maximum atomic E-state index is 10.4. The first kappa shape index (κ1) is 8.88. The van der Waals surface area contributed by atoms with Crippen molar-refractivity contribution in [2.75, 3.05) is 0 Å². The lowest BCUT2D eigenvalue weighted by molar-refractivity contribution is -0.116. The third-order valence-electron chi connectivity index (χ3n) is 1.08. The largest absolute Gasteiger partial charge is 0.366 e. The van der Waals surface area contributed by atoms with Gasteiger partial charge in [-0.1, -0.05) is 6.08 Å². The molecule has 56 valence electrons. The fourth-order valence-electron chi connectivity index (χ4n) is 0.397. The number of nitrogens with two attached hydrogens (primary N) is 1. The third kappa shape index (κ3) is 3.83. The molecule has 0 saturated heterocycles. The summed E-state index contributed by atoms with van der Waals surface area (Å²) in [7, 11) is 0. The maximum Gasteiger partial charge on any atom is 0.244 e. The first-order valence-corrected chi connectivity index (χ1v) is 3.00. The molecule has 0 fully saturated rings. The van der Waals surface area contributed by atoms with Crippen LogP contribution >= 0.6 is 0 Å². The molecule has 0 aromatic carbocycles. The van der Waals surface area contributed by atoms with E-state index in [1.807, 2.05) is 0 Å². The lowest BCUT2D eigenvalue weighted by atomic mass is 10.2. The fraction of sp³-hybridized carbons (Fsp3) is 0.429. The van der Waals surface area contributed by atoms with Crippen molar-refractivity contribution < 1.29 is 9.59 Å². The molecule has 0 atom stereocenters. The number of ketones is 1.